The minimum absolute atomic E-state index is 0.0163. The van der Waals surface area contributed by atoms with E-state index in [4.69, 9.17) is 5.73 Å². The molecule has 2 rings (SSSR count). The third kappa shape index (κ3) is 2.94. The van der Waals surface area contributed by atoms with E-state index in [9.17, 15) is 9.18 Å². The van der Waals surface area contributed by atoms with Gasteiger partial charge < -0.3 is 11.1 Å². The summed E-state index contributed by atoms with van der Waals surface area (Å²) in [6.45, 7) is 2.13. The van der Waals surface area contributed by atoms with Crippen LogP contribution in [0.1, 0.15) is 12.0 Å². The number of carbonyl (C=O) groups excluding carboxylic acids is 1. The van der Waals surface area contributed by atoms with Crippen LogP contribution < -0.4 is 11.1 Å². The summed E-state index contributed by atoms with van der Waals surface area (Å²) in [6, 6.07) is 4.66. The summed E-state index contributed by atoms with van der Waals surface area (Å²) in [5, 5.41) is 2.78. The number of nitrogens with one attached hydrogen (secondary N) is 1. The predicted octanol–water partition coefficient (Wildman–Crippen LogP) is 0.730. The van der Waals surface area contributed by atoms with Crippen molar-refractivity contribution in [3.8, 4) is 0 Å². The molecule has 1 aromatic rings. The highest BCUT2D eigenvalue weighted by atomic mass is 19.1. The Morgan fingerprint density at radius 3 is 3.06 bits per heavy atom. The average molecular weight is 237 g/mol. The van der Waals surface area contributed by atoms with Crippen LogP contribution in [-0.4, -0.2) is 30.4 Å². The number of amides is 1. The van der Waals surface area contributed by atoms with Crippen LogP contribution in [0.3, 0.4) is 0 Å². The monoisotopic (exact) mass is 237 g/mol. The van der Waals surface area contributed by atoms with Crippen molar-refractivity contribution in [2.24, 2.45) is 0 Å². The fourth-order valence-corrected chi connectivity index (χ4v) is 1.97. The molecule has 0 spiro atoms. The second kappa shape index (κ2) is 5.14. The molecular weight excluding hydrogens is 221 g/mol. The van der Waals surface area contributed by atoms with Gasteiger partial charge in [0.25, 0.3) is 0 Å². The number of nitrogens with zero attached hydrogens (tertiary/aromatic N) is 1. The van der Waals surface area contributed by atoms with Crippen molar-refractivity contribution in [2.45, 2.75) is 13.0 Å². The zero-order chi connectivity index (χ0) is 12.3. The number of anilines is 1. The molecular formula is C12H16FN3O. The third-order valence-electron chi connectivity index (χ3n) is 2.88. The molecule has 0 unspecified atom stereocenters. The molecule has 0 radical (unpaired) electrons. The summed E-state index contributed by atoms with van der Waals surface area (Å²) >= 11 is 0. The SMILES string of the molecule is Nc1cccc(F)c1CN1CCCNC(=O)C1. The molecule has 0 aliphatic carbocycles. The lowest BCUT2D eigenvalue weighted by molar-refractivity contribution is -0.121. The highest BCUT2D eigenvalue weighted by Crippen LogP contribution is 2.18. The number of rotatable bonds is 2. The molecule has 1 aliphatic heterocycles. The Bertz CT molecular complexity index is 402. The maximum absolute atomic E-state index is 13.6. The fourth-order valence-electron chi connectivity index (χ4n) is 1.97. The van der Waals surface area contributed by atoms with E-state index in [0.717, 1.165) is 13.0 Å². The molecule has 0 aromatic heterocycles. The molecule has 1 fully saturated rings. The molecule has 1 heterocycles. The second-order valence-corrected chi connectivity index (χ2v) is 4.22. The van der Waals surface area contributed by atoms with Gasteiger partial charge in [0.15, 0.2) is 0 Å². The van der Waals surface area contributed by atoms with E-state index in [1.165, 1.54) is 6.07 Å². The van der Waals surface area contributed by atoms with Gasteiger partial charge in [-0.15, -0.1) is 0 Å². The van der Waals surface area contributed by atoms with Gasteiger partial charge in [0.1, 0.15) is 5.82 Å². The second-order valence-electron chi connectivity index (χ2n) is 4.22. The maximum Gasteiger partial charge on any atom is 0.234 e. The lowest BCUT2D eigenvalue weighted by Gasteiger charge is -2.19. The van der Waals surface area contributed by atoms with E-state index in [1.54, 1.807) is 12.1 Å². The van der Waals surface area contributed by atoms with E-state index < -0.39 is 0 Å². The minimum atomic E-state index is -0.311. The molecule has 5 heteroatoms. The molecule has 17 heavy (non-hydrogen) atoms. The van der Waals surface area contributed by atoms with Crippen LogP contribution in [0.15, 0.2) is 18.2 Å². The first kappa shape index (κ1) is 11.9. The van der Waals surface area contributed by atoms with Crippen molar-refractivity contribution in [3.63, 3.8) is 0 Å². The predicted molar refractivity (Wildman–Crippen MR) is 63.7 cm³/mol. The van der Waals surface area contributed by atoms with Crippen LogP contribution in [0.25, 0.3) is 0 Å². The first-order valence-electron chi connectivity index (χ1n) is 5.69. The summed E-state index contributed by atoms with van der Waals surface area (Å²) < 4.78 is 13.6. The van der Waals surface area contributed by atoms with E-state index in [-0.39, 0.29) is 11.7 Å². The van der Waals surface area contributed by atoms with E-state index in [2.05, 4.69) is 5.32 Å². The summed E-state index contributed by atoms with van der Waals surface area (Å²) in [7, 11) is 0. The van der Waals surface area contributed by atoms with Crippen molar-refractivity contribution < 1.29 is 9.18 Å². The quantitative estimate of drug-likeness (QED) is 0.745. The van der Waals surface area contributed by atoms with Crippen LogP contribution in [0.4, 0.5) is 10.1 Å². The van der Waals surface area contributed by atoms with Crippen LogP contribution in [0, 0.1) is 5.82 Å². The van der Waals surface area contributed by atoms with Crippen molar-refractivity contribution in [1.82, 2.24) is 10.2 Å². The molecule has 1 aliphatic rings. The van der Waals surface area contributed by atoms with Gasteiger partial charge in [0.2, 0.25) is 5.91 Å². The number of halogens is 1. The number of nitrogens with two attached hydrogens (primary N) is 1. The molecule has 1 amide bonds. The van der Waals surface area contributed by atoms with Gasteiger partial charge in [0, 0.05) is 30.9 Å². The first-order valence-corrected chi connectivity index (χ1v) is 5.69. The van der Waals surface area contributed by atoms with E-state index >= 15 is 0 Å². The summed E-state index contributed by atoms with van der Waals surface area (Å²) in [5.74, 6) is -0.327. The Kier molecular flexibility index (Phi) is 3.58. The van der Waals surface area contributed by atoms with Gasteiger partial charge in [-0.25, -0.2) is 4.39 Å². The van der Waals surface area contributed by atoms with Gasteiger partial charge in [-0.1, -0.05) is 6.07 Å². The molecule has 1 aromatic carbocycles. The first-order chi connectivity index (χ1) is 8.16. The smallest absolute Gasteiger partial charge is 0.234 e. The number of hydrogen-bond acceptors (Lipinski definition) is 3. The highest BCUT2D eigenvalue weighted by molar-refractivity contribution is 5.78. The molecule has 3 N–H and O–H groups in total. The highest BCUT2D eigenvalue weighted by Gasteiger charge is 2.17. The number of carbonyl (C=O) groups is 1. The van der Waals surface area contributed by atoms with Crippen molar-refractivity contribution >= 4 is 11.6 Å². The summed E-state index contributed by atoms with van der Waals surface area (Å²) in [6.07, 6.45) is 0.875. The van der Waals surface area contributed by atoms with Gasteiger partial charge in [0.05, 0.1) is 6.54 Å². The molecule has 0 bridgehead atoms. The molecule has 1 saturated heterocycles. The van der Waals surface area contributed by atoms with Crippen LogP contribution in [-0.2, 0) is 11.3 Å². The van der Waals surface area contributed by atoms with Crippen molar-refractivity contribution in [2.75, 3.05) is 25.4 Å². The zero-order valence-electron chi connectivity index (χ0n) is 9.58. The third-order valence-corrected chi connectivity index (χ3v) is 2.88. The molecule has 4 nitrogen and oxygen atoms in total. The van der Waals surface area contributed by atoms with E-state index in [1.807, 2.05) is 4.90 Å². The summed E-state index contributed by atoms with van der Waals surface area (Å²) in [5.41, 5.74) is 6.66. The Hall–Kier alpha value is -1.62. The number of nitrogen functional groups attached to an aromatic ring is 1. The Morgan fingerprint density at radius 1 is 1.47 bits per heavy atom. The molecule has 0 atom stereocenters. The molecule has 0 saturated carbocycles. The fraction of sp³-hybridized carbons (Fsp3) is 0.417. The Labute approximate surface area is 99.6 Å². The Morgan fingerprint density at radius 2 is 2.29 bits per heavy atom. The topological polar surface area (TPSA) is 58.4 Å². The maximum atomic E-state index is 13.6. The number of benzene rings is 1. The van der Waals surface area contributed by atoms with Crippen molar-refractivity contribution in [3.05, 3.63) is 29.6 Å². The summed E-state index contributed by atoms with van der Waals surface area (Å²) in [4.78, 5) is 13.3. The van der Waals surface area contributed by atoms with Crippen molar-refractivity contribution in [1.29, 1.82) is 0 Å². The van der Waals surface area contributed by atoms with Gasteiger partial charge in [-0.2, -0.15) is 0 Å². The van der Waals surface area contributed by atoms with Crippen LogP contribution in [0.2, 0.25) is 0 Å². The zero-order valence-corrected chi connectivity index (χ0v) is 9.58. The largest absolute Gasteiger partial charge is 0.398 e. The van der Waals surface area contributed by atoms with Gasteiger partial charge in [-0.05, 0) is 18.6 Å². The van der Waals surface area contributed by atoms with E-state index in [0.29, 0.717) is 30.9 Å². The van der Waals surface area contributed by atoms with Crippen LogP contribution >= 0.6 is 0 Å². The lowest BCUT2D eigenvalue weighted by atomic mass is 10.1. The molecule has 92 valence electrons. The average Bonchev–Trinajstić information content (AvgIpc) is 2.48. The minimum Gasteiger partial charge on any atom is -0.398 e. The van der Waals surface area contributed by atoms with Crippen LogP contribution in [0.5, 0.6) is 0 Å². The van der Waals surface area contributed by atoms with Gasteiger partial charge >= 0.3 is 0 Å². The normalized spacial score (nSPS) is 17.6. The standard InChI is InChI=1S/C12H16FN3O/c13-10-3-1-4-11(14)9(10)7-16-6-2-5-15-12(17)8-16/h1,3-4H,2,5-8,14H2,(H,15,17). The Balaban J connectivity index is 2.11. The lowest BCUT2D eigenvalue weighted by Crippen LogP contribution is -2.33. The van der Waals surface area contributed by atoms with Gasteiger partial charge in [-0.3, -0.25) is 9.69 Å². The number of hydrogen-bond donors (Lipinski definition) is 2.